The van der Waals surface area contributed by atoms with Crippen molar-refractivity contribution < 1.29 is 19.5 Å². The molecule has 0 aliphatic carbocycles. The van der Waals surface area contributed by atoms with E-state index in [4.69, 9.17) is 14.6 Å². The highest BCUT2D eigenvalue weighted by atomic mass is 16.5. The normalized spacial score (nSPS) is 21.4. The number of methoxy groups -OCH3 is 2. The Bertz CT molecular complexity index is 1080. The van der Waals surface area contributed by atoms with Crippen molar-refractivity contribution in [2.75, 3.05) is 21.3 Å². The van der Waals surface area contributed by atoms with Crippen LogP contribution >= 0.6 is 0 Å². The van der Waals surface area contributed by atoms with Crippen LogP contribution in [0.25, 0.3) is 16.9 Å². The summed E-state index contributed by atoms with van der Waals surface area (Å²) in [6.45, 7) is 0. The van der Waals surface area contributed by atoms with E-state index in [0.29, 0.717) is 5.06 Å². The number of hydrogen-bond donors (Lipinski definition) is 1. The molecule has 34 heavy (non-hydrogen) atoms. The lowest BCUT2D eigenvalue weighted by atomic mass is 9.88. The first-order valence-corrected chi connectivity index (χ1v) is 11.6. The second-order valence-electron chi connectivity index (χ2n) is 9.06. The zero-order valence-electron chi connectivity index (χ0n) is 19.7. The topological polar surface area (TPSA) is 80.1 Å². The Morgan fingerprint density at radius 3 is 2.06 bits per heavy atom. The number of hydroxylamine groups is 2. The number of piperidine rings is 1. The number of carbonyl (C=O) groups excluding carboxylic acids is 1. The molecule has 1 aromatic heterocycles. The maximum Gasteiger partial charge on any atom is 0.343 e. The third-order valence-corrected chi connectivity index (χ3v) is 7.08. The highest BCUT2D eigenvalue weighted by Gasteiger charge is 2.45. The van der Waals surface area contributed by atoms with Gasteiger partial charge in [-0.05, 0) is 80.3 Å². The van der Waals surface area contributed by atoms with Crippen LogP contribution in [0.4, 0.5) is 4.79 Å². The predicted molar refractivity (Wildman–Crippen MR) is 128 cm³/mol. The number of nitrogens with zero attached hydrogens (tertiary/aromatic N) is 4. The second-order valence-corrected chi connectivity index (χ2v) is 9.06. The van der Waals surface area contributed by atoms with E-state index < -0.39 is 0 Å². The van der Waals surface area contributed by atoms with Gasteiger partial charge in [0.15, 0.2) is 0 Å². The molecule has 1 N–H and O–H groups in total. The lowest BCUT2D eigenvalue weighted by molar-refractivity contribution is -0.0431. The molecule has 3 heterocycles. The van der Waals surface area contributed by atoms with Crippen molar-refractivity contribution in [3.63, 3.8) is 0 Å². The lowest BCUT2D eigenvalue weighted by Crippen LogP contribution is -2.50. The Hall–Kier alpha value is -3.52. The summed E-state index contributed by atoms with van der Waals surface area (Å²) in [6.07, 6.45) is 3.62. The van der Waals surface area contributed by atoms with Crippen LogP contribution in [0.2, 0.25) is 0 Å². The van der Waals surface area contributed by atoms with Crippen LogP contribution in [-0.4, -0.2) is 64.3 Å². The number of amides is 2. The number of fused-ring (bicyclic) bond motifs is 2. The quantitative estimate of drug-likeness (QED) is 0.439. The van der Waals surface area contributed by atoms with E-state index in [-0.39, 0.29) is 24.0 Å². The standard InChI is InChI=1S/C26H30N4O4/c1-28(32)26(31)29-20-6-7-21(29)15-18(14-20)24-16-25(17-4-10-22(33-2)11-5-17)30(27-24)19-8-12-23(34-3)13-9-19/h4-5,8-13,16,18,20-21,32H,6-7,14-15H2,1-3H3. The molecule has 5 rings (SSSR count). The fourth-order valence-corrected chi connectivity index (χ4v) is 5.38. The second kappa shape index (κ2) is 9.02. The summed E-state index contributed by atoms with van der Waals surface area (Å²) < 4.78 is 12.6. The van der Waals surface area contributed by atoms with Gasteiger partial charge in [-0.25, -0.2) is 14.5 Å². The van der Waals surface area contributed by atoms with Crippen LogP contribution in [0.1, 0.15) is 37.3 Å². The molecule has 0 saturated carbocycles. The molecule has 2 saturated heterocycles. The molecule has 178 valence electrons. The number of rotatable bonds is 5. The fraction of sp³-hybridized carbons (Fsp3) is 0.385. The molecule has 2 amide bonds. The van der Waals surface area contributed by atoms with Crippen molar-refractivity contribution in [3.05, 3.63) is 60.3 Å². The first kappa shape index (κ1) is 22.3. The first-order valence-electron chi connectivity index (χ1n) is 11.6. The van der Waals surface area contributed by atoms with Crippen molar-refractivity contribution in [2.24, 2.45) is 0 Å². The van der Waals surface area contributed by atoms with Gasteiger partial charge >= 0.3 is 6.03 Å². The molecular weight excluding hydrogens is 432 g/mol. The summed E-state index contributed by atoms with van der Waals surface area (Å²) in [5.74, 6) is 1.86. The van der Waals surface area contributed by atoms with Crippen LogP contribution in [0.3, 0.4) is 0 Å². The van der Waals surface area contributed by atoms with Gasteiger partial charge < -0.3 is 14.4 Å². The van der Waals surface area contributed by atoms with E-state index in [2.05, 4.69) is 6.07 Å². The molecule has 3 aromatic rings. The number of urea groups is 1. The van der Waals surface area contributed by atoms with Crippen molar-refractivity contribution >= 4 is 6.03 Å². The van der Waals surface area contributed by atoms with Crippen LogP contribution in [-0.2, 0) is 0 Å². The van der Waals surface area contributed by atoms with E-state index >= 15 is 0 Å². The monoisotopic (exact) mass is 462 g/mol. The van der Waals surface area contributed by atoms with E-state index in [1.165, 1.54) is 7.05 Å². The largest absolute Gasteiger partial charge is 0.497 e. The molecule has 0 spiro atoms. The summed E-state index contributed by atoms with van der Waals surface area (Å²) >= 11 is 0. The minimum absolute atomic E-state index is 0.126. The number of ether oxygens (including phenoxy) is 2. The van der Waals surface area contributed by atoms with Gasteiger partial charge in [0, 0.05) is 30.6 Å². The highest BCUT2D eigenvalue weighted by Crippen LogP contribution is 2.44. The minimum atomic E-state index is -0.311. The summed E-state index contributed by atoms with van der Waals surface area (Å²) in [5, 5.41) is 15.5. The van der Waals surface area contributed by atoms with Gasteiger partial charge in [-0.1, -0.05) is 0 Å². The maximum absolute atomic E-state index is 12.5. The third-order valence-electron chi connectivity index (χ3n) is 7.08. The molecule has 2 unspecified atom stereocenters. The molecule has 0 radical (unpaired) electrons. The average Bonchev–Trinajstić information content (AvgIpc) is 3.42. The van der Waals surface area contributed by atoms with E-state index in [1.807, 2.05) is 58.1 Å². The van der Waals surface area contributed by atoms with Crippen molar-refractivity contribution in [2.45, 2.75) is 43.7 Å². The van der Waals surface area contributed by atoms with Crippen LogP contribution in [0.5, 0.6) is 11.5 Å². The van der Waals surface area contributed by atoms with Crippen molar-refractivity contribution in [1.82, 2.24) is 19.7 Å². The van der Waals surface area contributed by atoms with Crippen LogP contribution in [0.15, 0.2) is 54.6 Å². The van der Waals surface area contributed by atoms with E-state index in [0.717, 1.165) is 59.8 Å². The molecule has 8 nitrogen and oxygen atoms in total. The molecule has 2 fully saturated rings. The van der Waals surface area contributed by atoms with Crippen LogP contribution < -0.4 is 9.47 Å². The van der Waals surface area contributed by atoms with Gasteiger partial charge in [0.2, 0.25) is 0 Å². The molecule has 2 aliphatic rings. The average molecular weight is 463 g/mol. The van der Waals surface area contributed by atoms with E-state index in [1.54, 1.807) is 14.2 Å². The van der Waals surface area contributed by atoms with Crippen molar-refractivity contribution in [1.29, 1.82) is 0 Å². The highest BCUT2D eigenvalue weighted by molar-refractivity contribution is 5.74. The number of hydrogen-bond acceptors (Lipinski definition) is 5. The Morgan fingerprint density at radius 1 is 0.971 bits per heavy atom. The van der Waals surface area contributed by atoms with Gasteiger partial charge in [-0.15, -0.1) is 0 Å². The molecule has 2 aliphatic heterocycles. The van der Waals surface area contributed by atoms with Gasteiger partial charge in [0.25, 0.3) is 0 Å². The molecule has 2 bridgehead atoms. The van der Waals surface area contributed by atoms with Gasteiger partial charge in [0.05, 0.1) is 31.3 Å². The molecule has 8 heteroatoms. The van der Waals surface area contributed by atoms with E-state index in [9.17, 15) is 10.0 Å². The predicted octanol–water partition coefficient (Wildman–Crippen LogP) is 4.71. The summed E-state index contributed by atoms with van der Waals surface area (Å²) in [5.41, 5.74) is 4.04. The molecule has 2 aromatic carbocycles. The lowest BCUT2D eigenvalue weighted by Gasteiger charge is -2.39. The SMILES string of the molecule is COc1ccc(-c2cc(C3CC4CCC(C3)N4C(=O)N(C)O)nn2-c2ccc(OC)cc2)cc1. The smallest absolute Gasteiger partial charge is 0.343 e. The minimum Gasteiger partial charge on any atom is -0.497 e. The fourth-order valence-electron chi connectivity index (χ4n) is 5.38. The number of aromatic nitrogens is 2. The Morgan fingerprint density at radius 2 is 1.53 bits per heavy atom. The zero-order chi connectivity index (χ0) is 23.8. The molecular formula is C26H30N4O4. The summed E-state index contributed by atoms with van der Waals surface area (Å²) in [4.78, 5) is 14.4. The first-order chi connectivity index (χ1) is 16.5. The number of carbonyl (C=O) groups is 1. The molecule has 2 atom stereocenters. The Kier molecular flexibility index (Phi) is 5.91. The number of benzene rings is 2. The Labute approximate surface area is 199 Å². The van der Waals surface area contributed by atoms with Crippen LogP contribution in [0, 0.1) is 0 Å². The summed E-state index contributed by atoms with van der Waals surface area (Å²) in [6, 6.07) is 18.0. The van der Waals surface area contributed by atoms with Gasteiger partial charge in [-0.3, -0.25) is 5.21 Å². The third kappa shape index (κ3) is 3.98. The Balaban J connectivity index is 1.50. The zero-order valence-corrected chi connectivity index (χ0v) is 19.7. The maximum atomic E-state index is 12.5. The summed E-state index contributed by atoms with van der Waals surface area (Å²) in [7, 11) is 4.71. The van der Waals surface area contributed by atoms with Gasteiger partial charge in [0.1, 0.15) is 11.5 Å². The van der Waals surface area contributed by atoms with Gasteiger partial charge in [-0.2, -0.15) is 5.10 Å². The van der Waals surface area contributed by atoms with Crippen molar-refractivity contribution in [3.8, 4) is 28.4 Å².